The fourth-order valence-electron chi connectivity index (χ4n) is 8.44. The van der Waals surface area contributed by atoms with E-state index >= 15 is 0 Å². The molecule has 53 heavy (non-hydrogen) atoms. The molecule has 0 spiro atoms. The van der Waals surface area contributed by atoms with Crippen LogP contribution in [0.3, 0.4) is 0 Å². The second-order valence-corrected chi connectivity index (χ2v) is 15.6. The lowest BCUT2D eigenvalue weighted by Crippen LogP contribution is -2.14. The lowest BCUT2D eigenvalue weighted by atomic mass is 9.81. The van der Waals surface area contributed by atoms with E-state index in [1.54, 1.807) is 0 Å². The summed E-state index contributed by atoms with van der Waals surface area (Å²) in [5, 5.41) is 2.65. The predicted molar refractivity (Wildman–Crippen MR) is 228 cm³/mol. The normalized spacial score (nSPS) is 12.9. The molecule has 10 rings (SSSR count). The average Bonchev–Trinajstić information content (AvgIpc) is 3.70. The van der Waals surface area contributed by atoms with Crippen molar-refractivity contribution in [1.82, 2.24) is 0 Å². The number of fused-ring (bicyclic) bond motifs is 6. The van der Waals surface area contributed by atoms with Crippen LogP contribution in [-0.4, -0.2) is 0 Å². The third kappa shape index (κ3) is 5.21. The van der Waals surface area contributed by atoms with Crippen LogP contribution in [0.25, 0.3) is 64.7 Å². The fraction of sp³-hybridized carbons (Fsp3) is 0.0588. The molecule has 0 atom stereocenters. The zero-order valence-electron chi connectivity index (χ0n) is 29.8. The molecule has 1 nitrogen and oxygen atoms in total. The van der Waals surface area contributed by atoms with E-state index in [1.807, 2.05) is 11.3 Å². The van der Waals surface area contributed by atoms with Crippen molar-refractivity contribution in [2.24, 2.45) is 0 Å². The van der Waals surface area contributed by atoms with Gasteiger partial charge in [-0.25, -0.2) is 0 Å². The SMILES string of the molecule is CC1(C)c2ccccc2-c2c1cc1sc3cc(N(c4ccc(-c5ccccc5)cc4)c4ccc(-c5ccccc5)cc4)ccc3c1c2-c1ccccc1. The summed E-state index contributed by atoms with van der Waals surface area (Å²) in [4.78, 5) is 2.39. The second kappa shape index (κ2) is 12.5. The molecule has 0 aliphatic heterocycles. The highest BCUT2D eigenvalue weighted by Gasteiger charge is 2.38. The molecule has 1 aromatic heterocycles. The third-order valence-electron chi connectivity index (χ3n) is 11.1. The Hall–Kier alpha value is -6.22. The minimum absolute atomic E-state index is 0.0837. The molecule has 0 amide bonds. The number of anilines is 3. The first-order chi connectivity index (χ1) is 26.0. The Morgan fingerprint density at radius 3 is 1.47 bits per heavy atom. The van der Waals surface area contributed by atoms with Gasteiger partial charge in [-0.2, -0.15) is 0 Å². The maximum atomic E-state index is 2.49. The molecule has 0 saturated heterocycles. The molecule has 1 aliphatic carbocycles. The molecular formula is C51H37NS. The Kier molecular flexibility index (Phi) is 7.42. The van der Waals surface area contributed by atoms with Crippen LogP contribution in [0, 0.1) is 0 Å². The van der Waals surface area contributed by atoms with E-state index in [-0.39, 0.29) is 5.41 Å². The topological polar surface area (TPSA) is 3.24 Å². The van der Waals surface area contributed by atoms with Crippen LogP contribution in [-0.2, 0) is 5.41 Å². The first-order valence-electron chi connectivity index (χ1n) is 18.3. The second-order valence-electron chi connectivity index (χ2n) is 14.5. The number of thiophene rings is 1. The molecule has 1 heterocycles. The maximum Gasteiger partial charge on any atom is 0.0476 e. The average molecular weight is 696 g/mol. The van der Waals surface area contributed by atoms with E-state index in [0.29, 0.717) is 0 Å². The first-order valence-corrected chi connectivity index (χ1v) is 19.2. The van der Waals surface area contributed by atoms with Gasteiger partial charge in [0.05, 0.1) is 0 Å². The van der Waals surface area contributed by atoms with Gasteiger partial charge in [-0.1, -0.05) is 159 Å². The van der Waals surface area contributed by atoms with Gasteiger partial charge >= 0.3 is 0 Å². The molecule has 0 radical (unpaired) electrons. The van der Waals surface area contributed by atoms with Gasteiger partial charge < -0.3 is 4.90 Å². The zero-order chi connectivity index (χ0) is 35.5. The van der Waals surface area contributed by atoms with Crippen LogP contribution in [0.2, 0.25) is 0 Å². The summed E-state index contributed by atoms with van der Waals surface area (Å²) in [6.07, 6.45) is 0. The molecule has 2 heteroatoms. The molecule has 1 aliphatic rings. The summed E-state index contributed by atoms with van der Waals surface area (Å²) in [7, 11) is 0. The lowest BCUT2D eigenvalue weighted by Gasteiger charge is -2.26. The largest absolute Gasteiger partial charge is 0.310 e. The van der Waals surface area contributed by atoms with Gasteiger partial charge in [-0.05, 0) is 98.1 Å². The van der Waals surface area contributed by atoms with Crippen molar-refractivity contribution in [2.45, 2.75) is 19.3 Å². The van der Waals surface area contributed by atoms with Crippen LogP contribution >= 0.6 is 11.3 Å². The van der Waals surface area contributed by atoms with Crippen LogP contribution in [0.4, 0.5) is 17.1 Å². The molecule has 0 saturated carbocycles. The predicted octanol–water partition coefficient (Wildman–Crippen LogP) is 14.8. The Morgan fingerprint density at radius 2 is 0.887 bits per heavy atom. The van der Waals surface area contributed by atoms with Crippen molar-refractivity contribution in [3.05, 3.63) is 199 Å². The summed E-state index contributed by atoms with van der Waals surface area (Å²) < 4.78 is 2.62. The highest BCUT2D eigenvalue weighted by molar-refractivity contribution is 7.26. The Bertz CT molecular complexity index is 2680. The van der Waals surface area contributed by atoms with Gasteiger partial charge in [0.25, 0.3) is 0 Å². The fourth-order valence-corrected chi connectivity index (χ4v) is 9.62. The highest BCUT2D eigenvalue weighted by Crippen LogP contribution is 2.56. The van der Waals surface area contributed by atoms with Crippen LogP contribution < -0.4 is 4.90 Å². The Balaban J connectivity index is 1.16. The molecule has 252 valence electrons. The van der Waals surface area contributed by atoms with E-state index < -0.39 is 0 Å². The smallest absolute Gasteiger partial charge is 0.0476 e. The minimum Gasteiger partial charge on any atom is -0.310 e. The number of rotatable bonds is 6. The Labute approximate surface area is 315 Å². The van der Waals surface area contributed by atoms with Crippen LogP contribution in [0.5, 0.6) is 0 Å². The van der Waals surface area contributed by atoms with Gasteiger partial charge in [-0.15, -0.1) is 11.3 Å². The number of hydrogen-bond donors (Lipinski definition) is 0. The van der Waals surface area contributed by atoms with Gasteiger partial charge in [-0.3, -0.25) is 0 Å². The molecule has 0 bridgehead atoms. The summed E-state index contributed by atoms with van der Waals surface area (Å²) in [5.41, 5.74) is 16.3. The minimum atomic E-state index is -0.0837. The Morgan fingerprint density at radius 1 is 0.396 bits per heavy atom. The molecule has 0 N–H and O–H groups in total. The van der Waals surface area contributed by atoms with E-state index in [1.165, 1.54) is 75.8 Å². The van der Waals surface area contributed by atoms with Crippen molar-refractivity contribution >= 4 is 48.6 Å². The summed E-state index contributed by atoms with van der Waals surface area (Å²) >= 11 is 1.91. The summed E-state index contributed by atoms with van der Waals surface area (Å²) in [6.45, 7) is 4.77. The third-order valence-corrected chi connectivity index (χ3v) is 12.2. The molecular weight excluding hydrogens is 659 g/mol. The van der Waals surface area contributed by atoms with Gasteiger partial charge in [0, 0.05) is 42.6 Å². The van der Waals surface area contributed by atoms with Crippen LogP contribution in [0.15, 0.2) is 188 Å². The van der Waals surface area contributed by atoms with Crippen molar-refractivity contribution in [3.8, 4) is 44.5 Å². The maximum absolute atomic E-state index is 2.49. The number of benzene rings is 8. The van der Waals surface area contributed by atoms with Crippen molar-refractivity contribution in [1.29, 1.82) is 0 Å². The van der Waals surface area contributed by atoms with Crippen molar-refractivity contribution < 1.29 is 0 Å². The van der Waals surface area contributed by atoms with Gasteiger partial charge in [0.2, 0.25) is 0 Å². The molecule has 0 fully saturated rings. The van der Waals surface area contributed by atoms with E-state index in [9.17, 15) is 0 Å². The first kappa shape index (κ1) is 31.5. The zero-order valence-corrected chi connectivity index (χ0v) is 30.6. The van der Waals surface area contributed by atoms with E-state index in [0.717, 1.165) is 17.1 Å². The highest BCUT2D eigenvalue weighted by atomic mass is 32.1. The summed E-state index contributed by atoms with van der Waals surface area (Å²) in [6, 6.07) is 68.7. The summed E-state index contributed by atoms with van der Waals surface area (Å²) in [5.74, 6) is 0. The number of nitrogens with zero attached hydrogens (tertiary/aromatic N) is 1. The standard InChI is InChI=1S/C51H37NS/c1-51(2)44-21-13-12-20-42(44)49-45(51)33-47-50(48(49)38-18-10-5-11-19-38)43-31-30-41(32-46(43)53-47)52(39-26-22-36(23-27-39)34-14-6-3-7-15-34)40-28-24-37(25-29-40)35-16-8-4-9-17-35/h3-33H,1-2H3. The van der Waals surface area contributed by atoms with Crippen LogP contribution in [0.1, 0.15) is 25.0 Å². The molecule has 0 unspecified atom stereocenters. The monoisotopic (exact) mass is 695 g/mol. The van der Waals surface area contributed by atoms with E-state index in [4.69, 9.17) is 0 Å². The van der Waals surface area contributed by atoms with Crippen molar-refractivity contribution in [2.75, 3.05) is 4.90 Å². The molecule has 8 aromatic carbocycles. The quantitative estimate of drug-likeness (QED) is 0.167. The van der Waals surface area contributed by atoms with E-state index in [2.05, 4.69) is 207 Å². The van der Waals surface area contributed by atoms with Crippen molar-refractivity contribution in [3.63, 3.8) is 0 Å². The van der Waals surface area contributed by atoms with Gasteiger partial charge in [0.1, 0.15) is 0 Å². The lowest BCUT2D eigenvalue weighted by molar-refractivity contribution is 0.661. The number of hydrogen-bond acceptors (Lipinski definition) is 2. The van der Waals surface area contributed by atoms with Gasteiger partial charge in [0.15, 0.2) is 0 Å². The molecule has 9 aromatic rings.